The van der Waals surface area contributed by atoms with Crippen molar-refractivity contribution in [3.8, 4) is 5.69 Å². The molecule has 1 heterocycles. The Labute approximate surface area is 126 Å². The van der Waals surface area contributed by atoms with Gasteiger partial charge in [-0.2, -0.15) is 0 Å². The van der Waals surface area contributed by atoms with E-state index in [1.54, 1.807) is 0 Å². The van der Waals surface area contributed by atoms with E-state index in [2.05, 4.69) is 35.4 Å². The molecule has 3 rings (SSSR count). The number of hydrogen-bond donors (Lipinski definition) is 0. The second-order valence-electron chi connectivity index (χ2n) is 6.87. The van der Waals surface area contributed by atoms with E-state index in [4.69, 9.17) is 0 Å². The molecular weight excluding hydrogens is 260 g/mol. The van der Waals surface area contributed by atoms with E-state index in [9.17, 15) is 4.79 Å². The summed E-state index contributed by atoms with van der Waals surface area (Å²) < 4.78 is 2.18. The van der Waals surface area contributed by atoms with Crippen molar-refractivity contribution in [2.75, 3.05) is 19.0 Å². The zero-order valence-electron chi connectivity index (χ0n) is 13.2. The van der Waals surface area contributed by atoms with Crippen LogP contribution in [0.15, 0.2) is 36.5 Å². The van der Waals surface area contributed by atoms with E-state index in [-0.39, 0.29) is 11.2 Å². The Bertz CT molecular complexity index is 695. The van der Waals surface area contributed by atoms with Crippen LogP contribution in [0.25, 0.3) is 5.69 Å². The lowest BCUT2D eigenvalue weighted by Crippen LogP contribution is -2.28. The normalized spacial score (nSPS) is 16.7. The molecule has 0 N–H and O–H groups in total. The van der Waals surface area contributed by atoms with Crippen LogP contribution >= 0.6 is 0 Å². The minimum Gasteiger partial charge on any atom is -0.376 e. The van der Waals surface area contributed by atoms with Gasteiger partial charge in [0.25, 0.3) is 0 Å². The molecule has 0 unspecified atom stereocenters. The topological polar surface area (TPSA) is 25.2 Å². The fourth-order valence-electron chi connectivity index (χ4n) is 3.22. The summed E-state index contributed by atoms with van der Waals surface area (Å²) in [6.45, 7) is 4.34. The molecule has 0 atom stereocenters. The maximum Gasteiger partial charge on any atom is 0.165 e. The molecule has 0 saturated heterocycles. The van der Waals surface area contributed by atoms with Crippen LogP contribution in [0.3, 0.4) is 0 Å². The number of ketones is 1. The molecule has 0 aliphatic heterocycles. The van der Waals surface area contributed by atoms with E-state index in [0.29, 0.717) is 6.42 Å². The molecule has 1 aliphatic rings. The van der Waals surface area contributed by atoms with E-state index in [1.165, 1.54) is 0 Å². The molecule has 110 valence electrons. The van der Waals surface area contributed by atoms with E-state index >= 15 is 0 Å². The lowest BCUT2D eigenvalue weighted by atomic mass is 9.76. The first-order chi connectivity index (χ1) is 9.89. The summed E-state index contributed by atoms with van der Waals surface area (Å²) in [6.07, 6.45) is 3.61. The first-order valence-electron chi connectivity index (χ1n) is 7.39. The summed E-state index contributed by atoms with van der Waals surface area (Å²) in [4.78, 5) is 14.4. The molecule has 1 aromatic heterocycles. The van der Waals surface area contributed by atoms with Crippen molar-refractivity contribution in [2.45, 2.75) is 26.7 Å². The third-order valence-electron chi connectivity index (χ3n) is 4.20. The van der Waals surface area contributed by atoms with Crippen LogP contribution in [0.1, 0.15) is 36.3 Å². The first-order valence-corrected chi connectivity index (χ1v) is 7.39. The van der Waals surface area contributed by atoms with Crippen molar-refractivity contribution in [3.63, 3.8) is 0 Å². The number of carbonyl (C=O) groups is 1. The van der Waals surface area contributed by atoms with Gasteiger partial charge in [0.15, 0.2) is 5.78 Å². The van der Waals surface area contributed by atoms with Gasteiger partial charge < -0.3 is 9.47 Å². The third-order valence-corrected chi connectivity index (χ3v) is 4.20. The van der Waals surface area contributed by atoms with Crippen molar-refractivity contribution in [2.24, 2.45) is 5.41 Å². The number of fused-ring (bicyclic) bond motifs is 1. The molecule has 0 bridgehead atoms. The quantitative estimate of drug-likeness (QED) is 0.839. The number of nitrogens with zero attached hydrogens (tertiary/aromatic N) is 2. The molecule has 0 amide bonds. The number of carbonyl (C=O) groups excluding carboxylic acids is 1. The van der Waals surface area contributed by atoms with Gasteiger partial charge in [-0.3, -0.25) is 4.79 Å². The summed E-state index contributed by atoms with van der Waals surface area (Å²) in [7, 11) is 4.09. The molecule has 1 aromatic carbocycles. The molecule has 21 heavy (non-hydrogen) atoms. The average molecular weight is 282 g/mol. The van der Waals surface area contributed by atoms with Crippen LogP contribution in [-0.4, -0.2) is 24.4 Å². The second-order valence-corrected chi connectivity index (χ2v) is 6.87. The van der Waals surface area contributed by atoms with Crippen LogP contribution < -0.4 is 4.90 Å². The third kappa shape index (κ3) is 2.37. The van der Waals surface area contributed by atoms with Crippen molar-refractivity contribution in [1.29, 1.82) is 0 Å². The van der Waals surface area contributed by atoms with Gasteiger partial charge in [-0.15, -0.1) is 0 Å². The molecule has 0 fully saturated rings. The maximum atomic E-state index is 12.3. The molecule has 3 nitrogen and oxygen atoms in total. The fraction of sp³-hybridized carbons (Fsp3) is 0.389. The van der Waals surface area contributed by atoms with Gasteiger partial charge in [0.1, 0.15) is 0 Å². The Hall–Kier alpha value is -2.03. The zero-order chi connectivity index (χ0) is 15.2. The van der Waals surface area contributed by atoms with Gasteiger partial charge in [0, 0.05) is 38.0 Å². The van der Waals surface area contributed by atoms with Gasteiger partial charge in [-0.05, 0) is 30.0 Å². The summed E-state index contributed by atoms with van der Waals surface area (Å²) in [5, 5.41) is 0. The highest BCUT2D eigenvalue weighted by Crippen LogP contribution is 2.37. The lowest BCUT2D eigenvalue weighted by Gasteiger charge is -2.30. The highest BCUT2D eigenvalue weighted by Gasteiger charge is 2.33. The maximum absolute atomic E-state index is 12.3. The average Bonchev–Trinajstić information content (AvgIpc) is 2.80. The molecule has 3 heteroatoms. The van der Waals surface area contributed by atoms with Crippen molar-refractivity contribution < 1.29 is 4.79 Å². The Balaban J connectivity index is 2.17. The second kappa shape index (κ2) is 4.76. The monoisotopic (exact) mass is 282 g/mol. The first kappa shape index (κ1) is 13.9. The number of rotatable bonds is 2. The van der Waals surface area contributed by atoms with E-state index in [1.807, 2.05) is 38.5 Å². The molecule has 2 aromatic rings. The lowest BCUT2D eigenvalue weighted by molar-refractivity contribution is 0.0911. The van der Waals surface area contributed by atoms with Gasteiger partial charge >= 0.3 is 0 Å². The highest BCUT2D eigenvalue weighted by molar-refractivity contribution is 5.99. The predicted octanol–water partition coefficient (Wildman–Crippen LogP) is 3.70. The zero-order valence-corrected chi connectivity index (χ0v) is 13.2. The van der Waals surface area contributed by atoms with E-state index < -0.39 is 0 Å². The summed E-state index contributed by atoms with van der Waals surface area (Å²) >= 11 is 0. The van der Waals surface area contributed by atoms with Crippen molar-refractivity contribution >= 4 is 11.5 Å². The van der Waals surface area contributed by atoms with Gasteiger partial charge in [0.2, 0.25) is 0 Å². The molecule has 0 spiro atoms. The minimum atomic E-state index is 0.0350. The SMILES string of the molecule is CN(C)c1ccccc1-n1ccc2c1CC(C)(C)CC2=O. The molecule has 1 aliphatic carbocycles. The van der Waals surface area contributed by atoms with Crippen LogP contribution in [-0.2, 0) is 6.42 Å². The van der Waals surface area contributed by atoms with Crippen molar-refractivity contribution in [3.05, 3.63) is 47.8 Å². The highest BCUT2D eigenvalue weighted by atomic mass is 16.1. The van der Waals surface area contributed by atoms with Crippen LogP contribution in [0.2, 0.25) is 0 Å². The van der Waals surface area contributed by atoms with Crippen LogP contribution in [0, 0.1) is 5.41 Å². The largest absolute Gasteiger partial charge is 0.376 e. The number of aromatic nitrogens is 1. The molecular formula is C18H22N2O. The summed E-state index contributed by atoms with van der Waals surface area (Å²) in [5.41, 5.74) is 4.36. The predicted molar refractivity (Wildman–Crippen MR) is 86.5 cm³/mol. The van der Waals surface area contributed by atoms with Crippen LogP contribution in [0.4, 0.5) is 5.69 Å². The van der Waals surface area contributed by atoms with Crippen molar-refractivity contribution in [1.82, 2.24) is 4.57 Å². The number of hydrogen-bond acceptors (Lipinski definition) is 2. The molecule has 0 radical (unpaired) electrons. The fourth-order valence-corrected chi connectivity index (χ4v) is 3.22. The Morgan fingerprint density at radius 1 is 1.10 bits per heavy atom. The standard InChI is InChI=1S/C18H22N2O/c1-18(2)11-16-13(17(21)12-18)9-10-20(16)15-8-6-5-7-14(15)19(3)4/h5-10H,11-12H2,1-4H3. The Morgan fingerprint density at radius 2 is 1.81 bits per heavy atom. The Kier molecular flexibility index (Phi) is 3.16. The number of para-hydroxylation sites is 2. The van der Waals surface area contributed by atoms with Gasteiger partial charge in [0.05, 0.1) is 11.4 Å². The number of anilines is 1. The number of benzene rings is 1. The molecule has 0 saturated carbocycles. The van der Waals surface area contributed by atoms with E-state index in [0.717, 1.165) is 29.1 Å². The van der Waals surface area contributed by atoms with Crippen LogP contribution in [0.5, 0.6) is 0 Å². The minimum absolute atomic E-state index is 0.0350. The summed E-state index contributed by atoms with van der Waals surface area (Å²) in [5.74, 6) is 0.266. The Morgan fingerprint density at radius 3 is 2.52 bits per heavy atom. The van der Waals surface area contributed by atoms with Gasteiger partial charge in [-0.1, -0.05) is 26.0 Å². The summed E-state index contributed by atoms with van der Waals surface area (Å²) in [6, 6.07) is 10.3. The smallest absolute Gasteiger partial charge is 0.165 e. The number of Topliss-reactive ketones (excluding diaryl/α,β-unsaturated/α-hetero) is 1. The van der Waals surface area contributed by atoms with Gasteiger partial charge in [-0.25, -0.2) is 0 Å².